The van der Waals surface area contributed by atoms with Crippen molar-refractivity contribution in [3.63, 3.8) is 0 Å². The number of rotatable bonds is 9. The average Bonchev–Trinajstić information content (AvgIpc) is 2.63. The first kappa shape index (κ1) is 19.2. The number of hydrogen-bond acceptors (Lipinski definition) is 5. The van der Waals surface area contributed by atoms with Crippen molar-refractivity contribution in [1.29, 1.82) is 0 Å². The molecule has 2 aromatic carbocycles. The molecule has 2 aromatic rings. The van der Waals surface area contributed by atoms with Gasteiger partial charge in [0.2, 0.25) is 10.0 Å². The molecule has 0 fully saturated rings. The second kappa shape index (κ2) is 8.84. The Kier molecular flexibility index (Phi) is 6.81. The molecule has 0 aliphatic heterocycles. The van der Waals surface area contributed by atoms with Crippen LogP contribution in [0.1, 0.15) is 18.6 Å². The number of sulfonamides is 1. The molecule has 0 aliphatic carbocycles. The molecule has 6 nitrogen and oxygen atoms in total. The smallest absolute Gasteiger partial charge is 0.240 e. The Labute approximate surface area is 148 Å². The molecule has 0 aromatic heterocycles. The Morgan fingerprint density at radius 3 is 2.32 bits per heavy atom. The minimum absolute atomic E-state index is 0.0897. The first-order valence-corrected chi connectivity index (χ1v) is 9.38. The van der Waals surface area contributed by atoms with Gasteiger partial charge in [0.1, 0.15) is 11.5 Å². The van der Waals surface area contributed by atoms with Gasteiger partial charge in [-0.2, -0.15) is 0 Å². The van der Waals surface area contributed by atoms with Crippen molar-refractivity contribution in [3.05, 3.63) is 54.1 Å². The summed E-state index contributed by atoms with van der Waals surface area (Å²) in [6.45, 7) is 2.49. The van der Waals surface area contributed by atoms with Crippen LogP contribution in [0.4, 0.5) is 0 Å². The minimum Gasteiger partial charge on any atom is -0.496 e. The second-order valence-corrected chi connectivity index (χ2v) is 6.99. The molecular weight excluding hydrogens is 342 g/mol. The van der Waals surface area contributed by atoms with Crippen molar-refractivity contribution in [2.45, 2.75) is 17.9 Å². The second-order valence-electron chi connectivity index (χ2n) is 5.22. The Balaban J connectivity index is 2.11. The van der Waals surface area contributed by atoms with Gasteiger partial charge < -0.3 is 14.2 Å². The number of nitrogens with one attached hydrogen (secondary N) is 1. The predicted molar refractivity (Wildman–Crippen MR) is 95.5 cm³/mol. The van der Waals surface area contributed by atoms with Crippen LogP contribution in [0.5, 0.6) is 11.5 Å². The molecule has 0 saturated heterocycles. The molecule has 0 amide bonds. The van der Waals surface area contributed by atoms with Gasteiger partial charge in [-0.05, 0) is 37.3 Å². The zero-order chi connectivity index (χ0) is 18.3. The summed E-state index contributed by atoms with van der Waals surface area (Å²) in [6.07, 6.45) is -0.464. The number of ether oxygens (including phenoxy) is 3. The highest BCUT2D eigenvalue weighted by Crippen LogP contribution is 2.27. The number of hydrogen-bond donors (Lipinski definition) is 1. The van der Waals surface area contributed by atoms with Gasteiger partial charge in [0.25, 0.3) is 0 Å². The van der Waals surface area contributed by atoms with Crippen molar-refractivity contribution >= 4 is 10.0 Å². The fourth-order valence-electron chi connectivity index (χ4n) is 2.40. The van der Waals surface area contributed by atoms with E-state index in [1.165, 1.54) is 19.2 Å². The first-order valence-electron chi connectivity index (χ1n) is 7.90. The molecule has 0 saturated carbocycles. The Hall–Kier alpha value is -2.09. The Bertz CT molecular complexity index is 774. The maximum Gasteiger partial charge on any atom is 0.240 e. The van der Waals surface area contributed by atoms with E-state index in [0.717, 1.165) is 5.56 Å². The zero-order valence-corrected chi connectivity index (χ0v) is 15.4. The van der Waals surface area contributed by atoms with Crippen LogP contribution in [0.15, 0.2) is 53.4 Å². The predicted octanol–water partition coefficient (Wildman–Crippen LogP) is 2.76. The van der Waals surface area contributed by atoms with Gasteiger partial charge in [-0.3, -0.25) is 0 Å². The molecule has 2 rings (SSSR count). The zero-order valence-electron chi connectivity index (χ0n) is 14.6. The lowest BCUT2D eigenvalue weighted by Gasteiger charge is -2.19. The van der Waals surface area contributed by atoms with E-state index in [0.29, 0.717) is 18.1 Å². The van der Waals surface area contributed by atoms with Crippen LogP contribution in [0, 0.1) is 0 Å². The summed E-state index contributed by atoms with van der Waals surface area (Å²) in [5.74, 6) is 1.28. The summed E-state index contributed by atoms with van der Waals surface area (Å²) in [4.78, 5) is 0.172. The van der Waals surface area contributed by atoms with Crippen molar-refractivity contribution in [3.8, 4) is 11.5 Å². The molecule has 0 bridgehead atoms. The molecule has 1 unspecified atom stereocenters. The monoisotopic (exact) mass is 365 g/mol. The SMILES string of the molecule is CCOc1ccc(S(=O)(=O)NCC(OC)c2ccccc2OC)cc1. The summed E-state index contributed by atoms with van der Waals surface area (Å²) < 4.78 is 43.6. The lowest BCUT2D eigenvalue weighted by molar-refractivity contribution is 0.105. The molecule has 0 radical (unpaired) electrons. The first-order chi connectivity index (χ1) is 12.0. The van der Waals surface area contributed by atoms with Crippen LogP contribution in [-0.2, 0) is 14.8 Å². The summed E-state index contributed by atoms with van der Waals surface area (Å²) in [6, 6.07) is 13.6. The van der Waals surface area contributed by atoms with E-state index < -0.39 is 16.1 Å². The standard InChI is InChI=1S/C18H23NO5S/c1-4-24-14-9-11-15(12-10-14)25(20,21)19-13-18(23-3)16-7-5-6-8-17(16)22-2/h5-12,18-19H,4,13H2,1-3H3. The molecule has 0 spiro atoms. The molecule has 0 heterocycles. The fraction of sp³-hybridized carbons (Fsp3) is 0.333. The quantitative estimate of drug-likeness (QED) is 0.740. The highest BCUT2D eigenvalue weighted by Gasteiger charge is 2.20. The topological polar surface area (TPSA) is 73.9 Å². The largest absolute Gasteiger partial charge is 0.496 e. The van der Waals surface area contributed by atoms with Crippen LogP contribution in [0.2, 0.25) is 0 Å². The molecule has 25 heavy (non-hydrogen) atoms. The third-order valence-electron chi connectivity index (χ3n) is 3.67. The highest BCUT2D eigenvalue weighted by molar-refractivity contribution is 7.89. The van der Waals surface area contributed by atoms with Crippen molar-refractivity contribution in [1.82, 2.24) is 4.72 Å². The van der Waals surface area contributed by atoms with Crippen molar-refractivity contribution < 1.29 is 22.6 Å². The molecular formula is C18H23NO5S. The van der Waals surface area contributed by atoms with E-state index in [-0.39, 0.29) is 11.4 Å². The molecule has 136 valence electrons. The van der Waals surface area contributed by atoms with Gasteiger partial charge in [0.05, 0.1) is 24.7 Å². The lowest BCUT2D eigenvalue weighted by atomic mass is 10.1. The fourth-order valence-corrected chi connectivity index (χ4v) is 3.43. The van der Waals surface area contributed by atoms with Crippen LogP contribution >= 0.6 is 0 Å². The summed E-state index contributed by atoms with van der Waals surface area (Å²) in [5.41, 5.74) is 0.780. The van der Waals surface area contributed by atoms with Crippen LogP contribution in [0.3, 0.4) is 0 Å². The van der Waals surface area contributed by atoms with Crippen molar-refractivity contribution in [2.75, 3.05) is 27.4 Å². The maximum atomic E-state index is 12.5. The van der Waals surface area contributed by atoms with E-state index in [1.807, 2.05) is 31.2 Å². The van der Waals surface area contributed by atoms with Gasteiger partial charge in [0.15, 0.2) is 0 Å². The lowest BCUT2D eigenvalue weighted by Crippen LogP contribution is -2.29. The van der Waals surface area contributed by atoms with Crippen LogP contribution in [-0.4, -0.2) is 35.8 Å². The van der Waals surface area contributed by atoms with E-state index in [4.69, 9.17) is 14.2 Å². The summed E-state index contributed by atoms with van der Waals surface area (Å²) >= 11 is 0. The third kappa shape index (κ3) is 4.94. The maximum absolute atomic E-state index is 12.5. The van der Waals surface area contributed by atoms with Gasteiger partial charge in [0, 0.05) is 19.2 Å². The number of para-hydroxylation sites is 1. The molecule has 1 atom stereocenters. The number of benzene rings is 2. The van der Waals surface area contributed by atoms with Crippen molar-refractivity contribution in [2.24, 2.45) is 0 Å². The van der Waals surface area contributed by atoms with Gasteiger partial charge in [-0.25, -0.2) is 13.1 Å². The van der Waals surface area contributed by atoms with E-state index in [1.54, 1.807) is 19.2 Å². The minimum atomic E-state index is -3.65. The molecule has 1 N–H and O–H groups in total. The number of methoxy groups -OCH3 is 2. The van der Waals surface area contributed by atoms with Crippen LogP contribution < -0.4 is 14.2 Å². The van der Waals surface area contributed by atoms with Gasteiger partial charge in [-0.15, -0.1) is 0 Å². The molecule has 7 heteroatoms. The van der Waals surface area contributed by atoms with E-state index in [9.17, 15) is 8.42 Å². The van der Waals surface area contributed by atoms with Gasteiger partial charge in [-0.1, -0.05) is 18.2 Å². The average molecular weight is 365 g/mol. The molecule has 0 aliphatic rings. The van der Waals surface area contributed by atoms with Gasteiger partial charge >= 0.3 is 0 Å². The summed E-state index contributed by atoms with van der Waals surface area (Å²) in [5, 5.41) is 0. The van der Waals surface area contributed by atoms with E-state index in [2.05, 4.69) is 4.72 Å². The third-order valence-corrected chi connectivity index (χ3v) is 5.11. The Morgan fingerprint density at radius 1 is 1.04 bits per heavy atom. The van der Waals surface area contributed by atoms with E-state index >= 15 is 0 Å². The highest BCUT2D eigenvalue weighted by atomic mass is 32.2. The van der Waals surface area contributed by atoms with Crippen LogP contribution in [0.25, 0.3) is 0 Å². The Morgan fingerprint density at radius 2 is 1.72 bits per heavy atom. The summed E-state index contributed by atoms with van der Waals surface area (Å²) in [7, 11) is -0.556. The normalized spacial score (nSPS) is 12.6.